The molecule has 1 heterocycles. The van der Waals surface area contributed by atoms with Crippen molar-refractivity contribution in [2.45, 2.75) is 6.43 Å². The number of aromatic nitrogens is 1. The van der Waals surface area contributed by atoms with E-state index in [1.807, 2.05) is 22.6 Å². The second kappa shape index (κ2) is 5.32. The van der Waals surface area contributed by atoms with Crippen LogP contribution >= 0.6 is 45.2 Å². The molecule has 1 aromatic rings. The average molecular weight is 439 g/mol. The van der Waals surface area contributed by atoms with Gasteiger partial charge in [-0.3, -0.25) is 0 Å². The first kappa shape index (κ1) is 13.0. The summed E-state index contributed by atoms with van der Waals surface area (Å²) >= 11 is 3.64. The van der Waals surface area contributed by atoms with Crippen LogP contribution in [-0.4, -0.2) is 18.1 Å². The van der Waals surface area contributed by atoms with Crippen LogP contribution in [0.15, 0.2) is 6.20 Å². The van der Waals surface area contributed by atoms with Gasteiger partial charge in [-0.1, -0.05) is 0 Å². The second-order valence-corrected chi connectivity index (χ2v) is 4.72. The van der Waals surface area contributed by atoms with Gasteiger partial charge in [-0.05, 0) is 45.2 Å². The molecular formula is C8H5F2I2NO2. The summed E-state index contributed by atoms with van der Waals surface area (Å²) in [6.45, 7) is 0. The number of methoxy groups -OCH3 is 1. The van der Waals surface area contributed by atoms with E-state index in [2.05, 4.69) is 9.72 Å². The minimum Gasteiger partial charge on any atom is -0.464 e. The first-order valence-electron chi connectivity index (χ1n) is 3.69. The molecule has 3 nitrogen and oxygen atoms in total. The molecule has 0 unspecified atom stereocenters. The van der Waals surface area contributed by atoms with Gasteiger partial charge >= 0.3 is 5.97 Å². The Kier molecular flexibility index (Phi) is 4.62. The summed E-state index contributed by atoms with van der Waals surface area (Å²) in [7, 11) is 1.13. The standard InChI is InChI=1S/C8H5F2I2NO2/c1-15-8(14)6-4(7(9)10)5(12)3(11)2-13-6/h2,7H,1H3. The smallest absolute Gasteiger partial charge is 0.357 e. The van der Waals surface area contributed by atoms with Crippen molar-refractivity contribution in [3.8, 4) is 0 Å². The number of nitrogens with zero attached hydrogens (tertiary/aromatic N) is 1. The summed E-state index contributed by atoms with van der Waals surface area (Å²) in [5, 5.41) is 0. The molecule has 82 valence electrons. The molecule has 15 heavy (non-hydrogen) atoms. The molecule has 0 spiro atoms. The molecule has 1 rings (SSSR count). The van der Waals surface area contributed by atoms with Gasteiger partial charge in [0.1, 0.15) is 0 Å². The van der Waals surface area contributed by atoms with Crippen molar-refractivity contribution >= 4 is 51.2 Å². The van der Waals surface area contributed by atoms with Gasteiger partial charge in [0.25, 0.3) is 6.43 Å². The van der Waals surface area contributed by atoms with Crippen LogP contribution in [-0.2, 0) is 4.74 Å². The molecule has 0 aromatic carbocycles. The van der Waals surface area contributed by atoms with Crippen molar-refractivity contribution < 1.29 is 18.3 Å². The summed E-state index contributed by atoms with van der Waals surface area (Å²) in [6.07, 6.45) is -1.38. The fourth-order valence-electron chi connectivity index (χ4n) is 0.939. The van der Waals surface area contributed by atoms with Gasteiger partial charge in [0, 0.05) is 13.3 Å². The maximum absolute atomic E-state index is 12.7. The second-order valence-electron chi connectivity index (χ2n) is 2.47. The van der Waals surface area contributed by atoms with E-state index in [4.69, 9.17) is 0 Å². The predicted molar refractivity (Wildman–Crippen MR) is 66.0 cm³/mol. The van der Waals surface area contributed by atoms with Gasteiger partial charge < -0.3 is 4.74 Å². The molecule has 0 N–H and O–H groups in total. The zero-order valence-corrected chi connectivity index (χ0v) is 11.7. The van der Waals surface area contributed by atoms with E-state index in [-0.39, 0.29) is 11.3 Å². The summed E-state index contributed by atoms with van der Waals surface area (Å²) in [4.78, 5) is 14.8. The van der Waals surface area contributed by atoms with E-state index < -0.39 is 12.4 Å². The third kappa shape index (κ3) is 2.74. The number of hydrogen-bond donors (Lipinski definition) is 0. The van der Waals surface area contributed by atoms with E-state index >= 15 is 0 Å². The van der Waals surface area contributed by atoms with Gasteiger partial charge in [-0.25, -0.2) is 18.6 Å². The molecule has 7 heteroatoms. The van der Waals surface area contributed by atoms with Gasteiger partial charge in [-0.15, -0.1) is 0 Å². The van der Waals surface area contributed by atoms with Crippen LogP contribution in [0.3, 0.4) is 0 Å². The highest BCUT2D eigenvalue weighted by Crippen LogP contribution is 2.30. The largest absolute Gasteiger partial charge is 0.464 e. The Bertz CT molecular complexity index is 398. The highest BCUT2D eigenvalue weighted by atomic mass is 127. The normalized spacial score (nSPS) is 10.5. The van der Waals surface area contributed by atoms with Crippen LogP contribution in [0, 0.1) is 7.14 Å². The van der Waals surface area contributed by atoms with Crippen LogP contribution in [0.4, 0.5) is 8.78 Å². The maximum atomic E-state index is 12.7. The van der Waals surface area contributed by atoms with Gasteiger partial charge in [-0.2, -0.15) is 0 Å². The summed E-state index contributed by atoms with van der Waals surface area (Å²) in [5.74, 6) is -0.848. The Morgan fingerprint density at radius 1 is 1.53 bits per heavy atom. The van der Waals surface area contributed by atoms with Crippen molar-refractivity contribution in [3.05, 3.63) is 24.6 Å². The Balaban J connectivity index is 3.40. The molecule has 0 radical (unpaired) electrons. The lowest BCUT2D eigenvalue weighted by molar-refractivity contribution is 0.0581. The molecule has 0 aliphatic rings. The van der Waals surface area contributed by atoms with Crippen molar-refractivity contribution in [3.63, 3.8) is 0 Å². The first-order chi connectivity index (χ1) is 6.99. The fourth-order valence-corrected chi connectivity index (χ4v) is 2.00. The van der Waals surface area contributed by atoms with Crippen molar-refractivity contribution in [2.75, 3.05) is 7.11 Å². The van der Waals surface area contributed by atoms with Crippen LogP contribution in [0.5, 0.6) is 0 Å². The van der Waals surface area contributed by atoms with Crippen molar-refractivity contribution in [1.82, 2.24) is 4.98 Å². The van der Waals surface area contributed by atoms with E-state index in [1.54, 1.807) is 22.6 Å². The lowest BCUT2D eigenvalue weighted by Crippen LogP contribution is -2.11. The molecule has 0 saturated carbocycles. The quantitative estimate of drug-likeness (QED) is 0.526. The topological polar surface area (TPSA) is 39.2 Å². The zero-order valence-electron chi connectivity index (χ0n) is 7.43. The van der Waals surface area contributed by atoms with Crippen LogP contribution in [0.2, 0.25) is 0 Å². The minimum absolute atomic E-state index is 0.322. The monoisotopic (exact) mass is 439 g/mol. The Hall–Kier alpha value is -0.0600. The zero-order chi connectivity index (χ0) is 11.6. The first-order valence-corrected chi connectivity index (χ1v) is 5.85. The fraction of sp³-hybridized carbons (Fsp3) is 0.250. The lowest BCUT2D eigenvalue weighted by Gasteiger charge is -2.09. The van der Waals surface area contributed by atoms with Gasteiger partial charge in [0.05, 0.1) is 12.7 Å². The number of ether oxygens (including phenoxy) is 1. The summed E-state index contributed by atoms with van der Waals surface area (Å²) in [6, 6.07) is 0. The Labute approximate surface area is 112 Å². The molecule has 0 bridgehead atoms. The molecular weight excluding hydrogens is 434 g/mol. The maximum Gasteiger partial charge on any atom is 0.357 e. The molecule has 0 aliphatic heterocycles. The molecule has 0 amide bonds. The number of esters is 1. The number of pyridine rings is 1. The molecule has 0 fully saturated rings. The third-order valence-corrected chi connectivity index (χ3v) is 4.62. The van der Waals surface area contributed by atoms with E-state index in [0.717, 1.165) is 7.11 Å². The summed E-state index contributed by atoms with van der Waals surface area (Å²) in [5.41, 5.74) is -0.688. The number of carbonyl (C=O) groups excluding carboxylic acids is 1. The number of halogens is 4. The highest BCUT2D eigenvalue weighted by Gasteiger charge is 2.24. The lowest BCUT2D eigenvalue weighted by atomic mass is 10.2. The predicted octanol–water partition coefficient (Wildman–Crippen LogP) is 3.02. The Morgan fingerprint density at radius 3 is 2.60 bits per heavy atom. The molecule has 0 atom stereocenters. The van der Waals surface area contributed by atoms with E-state index in [9.17, 15) is 13.6 Å². The average Bonchev–Trinajstić information content (AvgIpc) is 2.20. The third-order valence-electron chi connectivity index (χ3n) is 1.61. The number of carbonyl (C=O) groups is 1. The van der Waals surface area contributed by atoms with Crippen molar-refractivity contribution in [1.29, 1.82) is 0 Å². The van der Waals surface area contributed by atoms with E-state index in [0.29, 0.717) is 7.14 Å². The molecule has 1 aromatic heterocycles. The number of rotatable bonds is 2. The van der Waals surface area contributed by atoms with Crippen LogP contribution in [0.1, 0.15) is 22.5 Å². The number of alkyl halides is 2. The van der Waals surface area contributed by atoms with Crippen LogP contribution in [0.25, 0.3) is 0 Å². The van der Waals surface area contributed by atoms with Crippen LogP contribution < -0.4 is 0 Å². The highest BCUT2D eigenvalue weighted by molar-refractivity contribution is 14.1. The summed E-state index contributed by atoms with van der Waals surface area (Å²) < 4.78 is 30.7. The molecule has 0 saturated heterocycles. The SMILES string of the molecule is COC(=O)c1ncc(I)c(I)c1C(F)F. The van der Waals surface area contributed by atoms with Crippen molar-refractivity contribution in [2.24, 2.45) is 0 Å². The Morgan fingerprint density at radius 2 is 2.13 bits per heavy atom. The van der Waals surface area contributed by atoms with Gasteiger partial charge in [0.2, 0.25) is 0 Å². The van der Waals surface area contributed by atoms with Gasteiger partial charge in [0.15, 0.2) is 5.69 Å². The minimum atomic E-state index is -2.74. The molecule has 0 aliphatic carbocycles. The number of hydrogen-bond acceptors (Lipinski definition) is 3. The van der Waals surface area contributed by atoms with E-state index in [1.165, 1.54) is 6.20 Å².